The number of hydrogen-bond donors (Lipinski definition) is 0. The number of para-hydroxylation sites is 3. The minimum atomic E-state index is -2.91. The molecule has 0 amide bonds. The Morgan fingerprint density at radius 3 is 1.50 bits per heavy atom. The molecule has 4 heteroatoms. The van der Waals surface area contributed by atoms with Crippen molar-refractivity contribution in [3.63, 3.8) is 0 Å². The highest BCUT2D eigenvalue weighted by Crippen LogP contribution is 2.45. The molecule has 282 valence electrons. The van der Waals surface area contributed by atoms with Gasteiger partial charge < -0.3 is 14.4 Å². The Morgan fingerprint density at radius 2 is 0.817 bits per heavy atom. The molecule has 0 saturated carbocycles. The van der Waals surface area contributed by atoms with Gasteiger partial charge in [0, 0.05) is 16.5 Å². The van der Waals surface area contributed by atoms with Crippen LogP contribution in [0.1, 0.15) is 0 Å². The first-order chi connectivity index (χ1) is 29.8. The number of fused-ring (bicyclic) bond motifs is 10. The van der Waals surface area contributed by atoms with Crippen molar-refractivity contribution in [2.45, 2.75) is 0 Å². The van der Waals surface area contributed by atoms with E-state index in [1.54, 1.807) is 0 Å². The molecule has 12 rings (SSSR count). The van der Waals surface area contributed by atoms with Crippen molar-refractivity contribution in [2.24, 2.45) is 0 Å². The van der Waals surface area contributed by atoms with Crippen LogP contribution in [0, 0.1) is 0 Å². The first-order valence-electron chi connectivity index (χ1n) is 20.5. The van der Waals surface area contributed by atoms with Crippen molar-refractivity contribution in [3.8, 4) is 45.3 Å². The maximum atomic E-state index is 6.82. The zero-order valence-electron chi connectivity index (χ0n) is 32.6. The summed E-state index contributed by atoms with van der Waals surface area (Å²) in [7, 11) is -2.91. The molecule has 0 saturated heterocycles. The topological polar surface area (TPSA) is 21.7 Å². The third-order valence-electron chi connectivity index (χ3n) is 12.4. The largest absolute Gasteiger partial charge is 0.458 e. The predicted molar refractivity (Wildman–Crippen MR) is 251 cm³/mol. The van der Waals surface area contributed by atoms with Crippen LogP contribution in [0.5, 0.6) is 23.0 Å². The summed E-state index contributed by atoms with van der Waals surface area (Å²) in [6, 6.07) is 81.0. The van der Waals surface area contributed by atoms with Gasteiger partial charge in [-0.1, -0.05) is 176 Å². The Balaban J connectivity index is 1.07. The van der Waals surface area contributed by atoms with Crippen molar-refractivity contribution >= 4 is 67.4 Å². The molecular formula is C56H37NO2Si. The monoisotopic (exact) mass is 783 g/mol. The van der Waals surface area contributed by atoms with Gasteiger partial charge in [-0.3, -0.25) is 0 Å². The van der Waals surface area contributed by atoms with Gasteiger partial charge >= 0.3 is 0 Å². The lowest BCUT2D eigenvalue weighted by atomic mass is 9.95. The van der Waals surface area contributed by atoms with Gasteiger partial charge in [0.1, 0.15) is 23.0 Å². The molecule has 60 heavy (non-hydrogen) atoms. The van der Waals surface area contributed by atoms with E-state index < -0.39 is 8.07 Å². The lowest BCUT2D eigenvalue weighted by molar-refractivity contribution is 0.481. The summed E-state index contributed by atoms with van der Waals surface area (Å²) in [5.74, 6) is 3.64. The summed E-state index contributed by atoms with van der Waals surface area (Å²) >= 11 is 0. The smallest absolute Gasteiger partial charge is 0.196 e. The Morgan fingerprint density at radius 1 is 0.317 bits per heavy atom. The summed E-state index contributed by atoms with van der Waals surface area (Å²) in [5, 5.41) is 9.69. The second kappa shape index (κ2) is 13.7. The van der Waals surface area contributed by atoms with Crippen molar-refractivity contribution < 1.29 is 9.47 Å². The maximum Gasteiger partial charge on any atom is 0.196 e. The van der Waals surface area contributed by atoms with E-state index in [0.717, 1.165) is 45.6 Å². The molecule has 1 spiro atoms. The van der Waals surface area contributed by atoms with E-state index in [0.29, 0.717) is 0 Å². The Labute approximate surface area is 350 Å². The molecule has 0 radical (unpaired) electrons. The first-order valence-corrected chi connectivity index (χ1v) is 22.5. The summed E-state index contributed by atoms with van der Waals surface area (Å²) in [4.78, 5) is 2.43. The number of rotatable bonds is 5. The number of benzene rings is 10. The molecule has 0 N–H and O–H groups in total. The van der Waals surface area contributed by atoms with Crippen LogP contribution < -0.4 is 35.1 Å². The molecule has 2 heterocycles. The summed E-state index contributed by atoms with van der Waals surface area (Å²) in [5.41, 5.74) is 8.06. The average Bonchev–Trinajstić information content (AvgIpc) is 3.32. The van der Waals surface area contributed by atoms with Crippen LogP contribution in [0.2, 0.25) is 0 Å². The second-order valence-electron chi connectivity index (χ2n) is 15.6. The molecular weight excluding hydrogens is 747 g/mol. The zero-order valence-corrected chi connectivity index (χ0v) is 33.6. The van der Waals surface area contributed by atoms with E-state index in [1.807, 2.05) is 0 Å². The Kier molecular flexibility index (Phi) is 7.87. The zero-order chi connectivity index (χ0) is 39.6. The number of hydrogen-bond acceptors (Lipinski definition) is 3. The van der Waals surface area contributed by atoms with Gasteiger partial charge in [-0.05, 0) is 102 Å². The van der Waals surface area contributed by atoms with E-state index in [1.165, 1.54) is 59.0 Å². The SMILES string of the molecule is c1ccc(-c2ccc(N(c3cccc4ccccc34)c3ccc(-c4ccc5c(c4)[Si]4(c6ccccc6Oc6ccccc64)c4ccccc4O5)c4ccccc34)cc2)cc1. The van der Waals surface area contributed by atoms with Crippen molar-refractivity contribution in [1.29, 1.82) is 0 Å². The molecule has 0 aromatic heterocycles. The maximum absolute atomic E-state index is 6.82. The van der Waals surface area contributed by atoms with Crippen LogP contribution >= 0.6 is 0 Å². The van der Waals surface area contributed by atoms with Crippen LogP contribution in [0.25, 0.3) is 43.8 Å². The predicted octanol–water partition coefficient (Wildman–Crippen LogP) is 12.4. The average molecular weight is 784 g/mol. The van der Waals surface area contributed by atoms with Crippen molar-refractivity contribution in [1.82, 2.24) is 0 Å². The van der Waals surface area contributed by atoms with E-state index in [9.17, 15) is 0 Å². The number of nitrogens with zero attached hydrogens (tertiary/aromatic N) is 1. The Hall–Kier alpha value is -7.66. The minimum absolute atomic E-state index is 0.901. The fourth-order valence-electron chi connectivity index (χ4n) is 9.76. The van der Waals surface area contributed by atoms with Gasteiger partial charge in [0.05, 0.1) is 11.4 Å². The van der Waals surface area contributed by atoms with Crippen molar-refractivity contribution in [2.75, 3.05) is 4.90 Å². The van der Waals surface area contributed by atoms with E-state index in [2.05, 4.69) is 229 Å². The molecule has 2 aliphatic heterocycles. The minimum Gasteiger partial charge on any atom is -0.458 e. The first kappa shape index (κ1) is 34.4. The normalized spacial score (nSPS) is 13.1. The molecule has 10 aromatic rings. The summed E-state index contributed by atoms with van der Waals surface area (Å²) < 4.78 is 13.5. The van der Waals surface area contributed by atoms with Gasteiger partial charge in [0.15, 0.2) is 8.07 Å². The lowest BCUT2D eigenvalue weighted by Gasteiger charge is -2.43. The lowest BCUT2D eigenvalue weighted by Crippen LogP contribution is -2.77. The van der Waals surface area contributed by atoms with Crippen LogP contribution in [0.4, 0.5) is 17.1 Å². The van der Waals surface area contributed by atoms with Crippen LogP contribution in [-0.2, 0) is 0 Å². The molecule has 10 aromatic carbocycles. The fourth-order valence-corrected chi connectivity index (χ4v) is 14.9. The molecule has 0 fully saturated rings. The van der Waals surface area contributed by atoms with Gasteiger partial charge in [0.2, 0.25) is 0 Å². The van der Waals surface area contributed by atoms with Crippen LogP contribution in [-0.4, -0.2) is 8.07 Å². The molecule has 3 nitrogen and oxygen atoms in total. The second-order valence-corrected chi connectivity index (χ2v) is 19.2. The molecule has 0 aliphatic carbocycles. The highest BCUT2D eigenvalue weighted by Gasteiger charge is 2.53. The third-order valence-corrected chi connectivity index (χ3v) is 17.3. The van der Waals surface area contributed by atoms with E-state index in [-0.39, 0.29) is 0 Å². The van der Waals surface area contributed by atoms with E-state index in [4.69, 9.17) is 9.47 Å². The van der Waals surface area contributed by atoms with Gasteiger partial charge in [-0.2, -0.15) is 0 Å². The molecule has 0 atom stereocenters. The van der Waals surface area contributed by atoms with Gasteiger partial charge in [0.25, 0.3) is 0 Å². The van der Waals surface area contributed by atoms with E-state index >= 15 is 0 Å². The molecule has 2 aliphatic rings. The summed E-state index contributed by atoms with van der Waals surface area (Å²) in [6.45, 7) is 0. The highest BCUT2D eigenvalue weighted by atomic mass is 28.3. The number of anilines is 3. The molecule has 0 unspecified atom stereocenters. The molecule has 0 bridgehead atoms. The van der Waals surface area contributed by atoms with Gasteiger partial charge in [-0.15, -0.1) is 0 Å². The van der Waals surface area contributed by atoms with Gasteiger partial charge in [-0.25, -0.2) is 0 Å². The standard InChI is InChI=1S/C56H37NO2Si/c1-2-15-38(16-3-1)39-29-32-42(33-30-39)57(47-22-14-18-40-17-4-5-19-44(40)47)48-35-34-43(45-20-6-7-21-46(45)48)41-31-36-52-56(37-41)60(55-28-13-10-25-51(55)59-52)53-26-11-8-23-49(53)58-50-24-9-12-27-54(50)60/h1-37H. The Bertz CT molecular complexity index is 3180. The van der Waals surface area contributed by atoms with Crippen LogP contribution in [0.3, 0.4) is 0 Å². The highest BCUT2D eigenvalue weighted by molar-refractivity contribution is 7.21. The van der Waals surface area contributed by atoms with Crippen LogP contribution in [0.15, 0.2) is 224 Å². The third kappa shape index (κ3) is 5.21. The number of ether oxygens (including phenoxy) is 2. The fraction of sp³-hybridized carbons (Fsp3) is 0. The quantitative estimate of drug-likeness (QED) is 0.162. The summed E-state index contributed by atoms with van der Waals surface area (Å²) in [6.07, 6.45) is 0. The van der Waals surface area contributed by atoms with Crippen molar-refractivity contribution in [3.05, 3.63) is 224 Å².